The highest BCUT2D eigenvalue weighted by molar-refractivity contribution is 5.06. The monoisotopic (exact) mass is 251 g/mol. The van der Waals surface area contributed by atoms with Crippen molar-refractivity contribution in [2.45, 2.75) is 37.6 Å². The van der Waals surface area contributed by atoms with Crippen LogP contribution in [0, 0.1) is 0 Å². The third kappa shape index (κ3) is 2.18. The maximum Gasteiger partial charge on any atom is 0.0991 e. The Bertz CT molecular complexity index is 407. The average molecular weight is 251 g/mol. The number of aryl methyl sites for hydroxylation is 1. The van der Waals surface area contributed by atoms with Gasteiger partial charge in [0.1, 0.15) is 0 Å². The van der Waals surface area contributed by atoms with E-state index in [2.05, 4.69) is 16.2 Å². The van der Waals surface area contributed by atoms with E-state index in [0.717, 1.165) is 26.1 Å². The predicted octanol–water partition coefficient (Wildman–Crippen LogP) is 0.798. The highest BCUT2D eigenvalue weighted by Gasteiger charge is 2.42. The second-order valence-corrected chi connectivity index (χ2v) is 5.25. The first-order valence-electron chi connectivity index (χ1n) is 6.64. The molecule has 2 aliphatic rings. The molecule has 0 amide bonds. The fourth-order valence-corrected chi connectivity index (χ4v) is 3.23. The van der Waals surface area contributed by atoms with Gasteiger partial charge in [-0.3, -0.25) is 9.58 Å². The van der Waals surface area contributed by atoms with Crippen LogP contribution in [0.5, 0.6) is 0 Å². The minimum Gasteiger partial charge on any atom is -0.379 e. The minimum atomic E-state index is 0.250. The zero-order valence-electron chi connectivity index (χ0n) is 11.1. The fraction of sp³-hybridized carbons (Fsp3) is 0.769. The molecule has 0 bridgehead atoms. The van der Waals surface area contributed by atoms with Gasteiger partial charge in [-0.2, -0.15) is 5.10 Å². The predicted molar refractivity (Wildman–Crippen MR) is 67.2 cm³/mol. The van der Waals surface area contributed by atoms with Gasteiger partial charge < -0.3 is 9.47 Å². The van der Waals surface area contributed by atoms with E-state index in [4.69, 9.17) is 9.47 Å². The summed E-state index contributed by atoms with van der Waals surface area (Å²) in [6, 6.07) is 0.504. The number of ether oxygens (including phenoxy) is 2. The molecule has 2 fully saturated rings. The lowest BCUT2D eigenvalue weighted by Crippen LogP contribution is -2.51. The molecule has 1 aromatic rings. The first-order valence-corrected chi connectivity index (χ1v) is 6.64. The molecule has 3 atom stereocenters. The number of methoxy groups -OCH3 is 1. The number of aromatic nitrogens is 2. The Balaban J connectivity index is 1.69. The number of morpholine rings is 1. The third-order valence-electron chi connectivity index (χ3n) is 4.10. The molecule has 5 nitrogen and oxygen atoms in total. The van der Waals surface area contributed by atoms with Crippen LogP contribution in [0.1, 0.15) is 18.4 Å². The summed E-state index contributed by atoms with van der Waals surface area (Å²) in [5.41, 5.74) is 1.28. The summed E-state index contributed by atoms with van der Waals surface area (Å²) in [6.45, 7) is 2.78. The van der Waals surface area contributed by atoms with Gasteiger partial charge in [0.05, 0.1) is 25.0 Å². The molecule has 0 N–H and O–H groups in total. The molecule has 5 heteroatoms. The number of fused-ring (bicyclic) bond motifs is 1. The Labute approximate surface area is 108 Å². The van der Waals surface area contributed by atoms with E-state index in [1.54, 1.807) is 7.11 Å². The molecule has 1 aromatic heterocycles. The summed E-state index contributed by atoms with van der Waals surface area (Å²) in [6.07, 6.45) is 6.84. The highest BCUT2D eigenvalue weighted by atomic mass is 16.5. The van der Waals surface area contributed by atoms with Gasteiger partial charge in [0.2, 0.25) is 0 Å². The Hall–Kier alpha value is -0.910. The van der Waals surface area contributed by atoms with Crippen molar-refractivity contribution in [3.8, 4) is 0 Å². The van der Waals surface area contributed by atoms with Crippen molar-refractivity contribution < 1.29 is 9.47 Å². The molecule has 100 valence electrons. The smallest absolute Gasteiger partial charge is 0.0991 e. The second-order valence-electron chi connectivity index (χ2n) is 5.25. The van der Waals surface area contributed by atoms with Crippen LogP contribution in [0.15, 0.2) is 12.4 Å². The van der Waals surface area contributed by atoms with Gasteiger partial charge in [-0.1, -0.05) is 0 Å². The number of hydrogen-bond acceptors (Lipinski definition) is 4. The van der Waals surface area contributed by atoms with Crippen molar-refractivity contribution in [3.63, 3.8) is 0 Å². The Morgan fingerprint density at radius 2 is 2.39 bits per heavy atom. The minimum absolute atomic E-state index is 0.250. The van der Waals surface area contributed by atoms with Crippen molar-refractivity contribution in [1.29, 1.82) is 0 Å². The van der Waals surface area contributed by atoms with Crippen LogP contribution < -0.4 is 0 Å². The van der Waals surface area contributed by atoms with E-state index >= 15 is 0 Å². The van der Waals surface area contributed by atoms with E-state index in [9.17, 15) is 0 Å². The first kappa shape index (κ1) is 12.1. The molecule has 3 rings (SSSR count). The van der Waals surface area contributed by atoms with Gasteiger partial charge in [-0.05, 0) is 12.8 Å². The van der Waals surface area contributed by atoms with Crippen LogP contribution in [0.4, 0.5) is 0 Å². The molecule has 1 aliphatic heterocycles. The Morgan fingerprint density at radius 3 is 3.11 bits per heavy atom. The van der Waals surface area contributed by atoms with E-state index in [1.165, 1.54) is 12.0 Å². The summed E-state index contributed by atoms with van der Waals surface area (Å²) >= 11 is 0. The van der Waals surface area contributed by atoms with Crippen LogP contribution in [0.3, 0.4) is 0 Å². The number of nitrogens with zero attached hydrogens (tertiary/aromatic N) is 3. The van der Waals surface area contributed by atoms with Gasteiger partial charge >= 0.3 is 0 Å². The van der Waals surface area contributed by atoms with E-state index < -0.39 is 0 Å². The molecule has 1 saturated heterocycles. The molecular formula is C13H21N3O2. The van der Waals surface area contributed by atoms with Crippen molar-refractivity contribution in [2.75, 3.05) is 20.3 Å². The third-order valence-corrected chi connectivity index (χ3v) is 4.10. The van der Waals surface area contributed by atoms with Crippen molar-refractivity contribution >= 4 is 0 Å². The standard InChI is InChI=1S/C13H21N3O2/c1-15-8-10(7-14-15)9-16-5-6-18-13-11(16)3-4-12(13)17-2/h7-8,11-13H,3-6,9H2,1-2H3/t11-,12+,13+/m0/s1. The zero-order chi connectivity index (χ0) is 12.5. The fourth-order valence-electron chi connectivity index (χ4n) is 3.23. The summed E-state index contributed by atoms with van der Waals surface area (Å²) in [5.74, 6) is 0. The van der Waals surface area contributed by atoms with Gasteiger partial charge in [-0.25, -0.2) is 0 Å². The van der Waals surface area contributed by atoms with Crippen LogP contribution >= 0.6 is 0 Å². The van der Waals surface area contributed by atoms with Gasteiger partial charge in [-0.15, -0.1) is 0 Å². The molecule has 18 heavy (non-hydrogen) atoms. The average Bonchev–Trinajstić information content (AvgIpc) is 2.96. The lowest BCUT2D eigenvalue weighted by Gasteiger charge is -2.38. The summed E-state index contributed by atoms with van der Waals surface area (Å²) < 4.78 is 13.3. The molecule has 0 radical (unpaired) electrons. The zero-order valence-corrected chi connectivity index (χ0v) is 11.1. The first-order chi connectivity index (χ1) is 8.78. The molecular weight excluding hydrogens is 230 g/mol. The quantitative estimate of drug-likeness (QED) is 0.796. The van der Waals surface area contributed by atoms with Gasteiger partial charge in [0.15, 0.2) is 0 Å². The number of hydrogen-bond donors (Lipinski definition) is 0. The van der Waals surface area contributed by atoms with Gasteiger partial charge in [0, 0.05) is 45.0 Å². The lowest BCUT2D eigenvalue weighted by atomic mass is 10.1. The van der Waals surface area contributed by atoms with Crippen LogP contribution in [0.25, 0.3) is 0 Å². The van der Waals surface area contributed by atoms with Crippen LogP contribution in [-0.4, -0.2) is 53.2 Å². The van der Waals surface area contributed by atoms with Crippen molar-refractivity contribution in [1.82, 2.24) is 14.7 Å². The van der Waals surface area contributed by atoms with Crippen LogP contribution in [0.2, 0.25) is 0 Å². The highest BCUT2D eigenvalue weighted by Crippen LogP contribution is 2.32. The molecule has 0 unspecified atom stereocenters. The summed E-state index contributed by atoms with van der Waals surface area (Å²) in [4.78, 5) is 2.52. The van der Waals surface area contributed by atoms with Crippen molar-refractivity contribution in [2.24, 2.45) is 7.05 Å². The van der Waals surface area contributed by atoms with Crippen LogP contribution in [-0.2, 0) is 23.1 Å². The SMILES string of the molecule is CO[C@@H]1CC[C@H]2[C@H]1OCCN2Cc1cnn(C)c1. The lowest BCUT2D eigenvalue weighted by molar-refractivity contribution is -0.106. The maximum absolute atomic E-state index is 5.89. The Kier molecular flexibility index (Phi) is 3.37. The van der Waals surface area contributed by atoms with Crippen molar-refractivity contribution in [3.05, 3.63) is 18.0 Å². The summed E-state index contributed by atoms with van der Waals surface area (Å²) in [7, 11) is 3.75. The summed E-state index contributed by atoms with van der Waals surface area (Å²) in [5, 5.41) is 4.23. The molecule has 1 aliphatic carbocycles. The second kappa shape index (κ2) is 4.99. The molecule has 0 spiro atoms. The molecule has 1 saturated carbocycles. The Morgan fingerprint density at radius 1 is 1.50 bits per heavy atom. The topological polar surface area (TPSA) is 39.5 Å². The maximum atomic E-state index is 5.89. The largest absolute Gasteiger partial charge is 0.379 e. The number of rotatable bonds is 3. The van der Waals surface area contributed by atoms with E-state index in [-0.39, 0.29) is 12.2 Å². The van der Waals surface area contributed by atoms with E-state index in [1.807, 2.05) is 17.9 Å². The van der Waals surface area contributed by atoms with Gasteiger partial charge in [0.25, 0.3) is 0 Å². The normalized spacial score (nSPS) is 32.7. The molecule has 0 aromatic carbocycles. The van der Waals surface area contributed by atoms with E-state index in [0.29, 0.717) is 6.04 Å². The molecule has 2 heterocycles.